The summed E-state index contributed by atoms with van der Waals surface area (Å²) in [6, 6.07) is 10.6. The Kier molecular flexibility index (Phi) is 4.24. The zero-order valence-corrected chi connectivity index (χ0v) is 11.9. The molecule has 0 aliphatic rings. The summed E-state index contributed by atoms with van der Waals surface area (Å²) in [6.07, 6.45) is 2.09. The minimum absolute atomic E-state index is 0.534. The van der Waals surface area contributed by atoms with Crippen LogP contribution in [0.3, 0.4) is 0 Å². The molecule has 1 aromatic carbocycles. The van der Waals surface area contributed by atoms with Gasteiger partial charge in [-0.25, -0.2) is 0 Å². The van der Waals surface area contributed by atoms with Gasteiger partial charge >= 0.3 is 0 Å². The first-order valence-electron chi connectivity index (χ1n) is 6.84. The van der Waals surface area contributed by atoms with Crippen molar-refractivity contribution >= 4 is 10.9 Å². The number of fused-ring (bicyclic) bond motifs is 1. The van der Waals surface area contributed by atoms with E-state index >= 15 is 0 Å². The molecule has 0 aliphatic carbocycles. The maximum Gasteiger partial charge on any atom is 0.0991 e. The van der Waals surface area contributed by atoms with E-state index in [2.05, 4.69) is 49.0 Å². The van der Waals surface area contributed by atoms with Gasteiger partial charge in [-0.1, -0.05) is 13.8 Å². The molecule has 1 N–H and O–H groups in total. The third-order valence-corrected chi connectivity index (χ3v) is 3.72. The molecule has 1 heterocycles. The second kappa shape index (κ2) is 5.90. The minimum Gasteiger partial charge on any atom is -0.346 e. The highest BCUT2D eigenvalue weighted by molar-refractivity contribution is 5.81. The minimum atomic E-state index is 0.534. The van der Waals surface area contributed by atoms with Crippen LogP contribution in [0.2, 0.25) is 0 Å². The van der Waals surface area contributed by atoms with Gasteiger partial charge in [-0.15, -0.1) is 0 Å². The fourth-order valence-corrected chi connectivity index (χ4v) is 2.11. The zero-order chi connectivity index (χ0) is 13.8. The lowest BCUT2D eigenvalue weighted by molar-refractivity contribution is 0.418. The largest absolute Gasteiger partial charge is 0.346 e. The summed E-state index contributed by atoms with van der Waals surface area (Å²) in [5.41, 5.74) is 1.91. The van der Waals surface area contributed by atoms with Crippen LogP contribution in [-0.2, 0) is 6.54 Å². The van der Waals surface area contributed by atoms with Crippen molar-refractivity contribution < 1.29 is 0 Å². The molecule has 0 aliphatic heterocycles. The molecule has 0 saturated heterocycles. The average Bonchev–Trinajstić information content (AvgIpc) is 2.80. The van der Waals surface area contributed by atoms with E-state index in [1.54, 1.807) is 0 Å². The Labute approximate surface area is 114 Å². The lowest BCUT2D eigenvalue weighted by Gasteiger charge is -2.17. The smallest absolute Gasteiger partial charge is 0.0991 e. The van der Waals surface area contributed by atoms with Crippen LogP contribution in [0.1, 0.15) is 26.3 Å². The first kappa shape index (κ1) is 13.6. The maximum atomic E-state index is 8.89. The Morgan fingerprint density at radius 3 is 2.74 bits per heavy atom. The van der Waals surface area contributed by atoms with Gasteiger partial charge < -0.3 is 9.88 Å². The molecule has 1 aromatic heterocycles. The molecular formula is C16H21N3. The molecule has 0 spiro atoms. The predicted molar refractivity (Wildman–Crippen MR) is 79.0 cm³/mol. The number of nitriles is 1. The van der Waals surface area contributed by atoms with Crippen molar-refractivity contribution in [3.8, 4) is 6.07 Å². The molecule has 0 saturated carbocycles. The number of rotatable bonds is 5. The van der Waals surface area contributed by atoms with Crippen LogP contribution in [0.4, 0.5) is 0 Å². The summed E-state index contributed by atoms with van der Waals surface area (Å²) in [6.45, 7) is 8.59. The van der Waals surface area contributed by atoms with Crippen LogP contribution in [0, 0.1) is 17.2 Å². The quantitative estimate of drug-likeness (QED) is 0.891. The fraction of sp³-hybridized carbons (Fsp3) is 0.438. The number of hydrogen-bond donors (Lipinski definition) is 1. The number of benzene rings is 1. The molecule has 3 nitrogen and oxygen atoms in total. The van der Waals surface area contributed by atoms with E-state index in [-0.39, 0.29) is 0 Å². The molecule has 0 fully saturated rings. The van der Waals surface area contributed by atoms with Crippen molar-refractivity contribution in [3.05, 3.63) is 36.0 Å². The van der Waals surface area contributed by atoms with Crippen LogP contribution in [0.25, 0.3) is 10.9 Å². The van der Waals surface area contributed by atoms with Crippen LogP contribution < -0.4 is 5.32 Å². The molecule has 3 heteroatoms. The van der Waals surface area contributed by atoms with Gasteiger partial charge in [0.05, 0.1) is 11.6 Å². The van der Waals surface area contributed by atoms with Crippen molar-refractivity contribution in [1.82, 2.24) is 9.88 Å². The first-order valence-corrected chi connectivity index (χ1v) is 6.84. The highest BCUT2D eigenvalue weighted by Crippen LogP contribution is 2.17. The highest BCUT2D eigenvalue weighted by Gasteiger charge is 2.06. The van der Waals surface area contributed by atoms with E-state index in [1.165, 1.54) is 5.52 Å². The Bertz CT molecular complexity index is 590. The van der Waals surface area contributed by atoms with Gasteiger partial charge in [0.15, 0.2) is 0 Å². The van der Waals surface area contributed by atoms with Crippen molar-refractivity contribution in [1.29, 1.82) is 5.26 Å². The third kappa shape index (κ3) is 3.15. The van der Waals surface area contributed by atoms with E-state index in [9.17, 15) is 0 Å². The average molecular weight is 255 g/mol. The van der Waals surface area contributed by atoms with Gasteiger partial charge in [-0.3, -0.25) is 0 Å². The standard InChI is InChI=1S/C16H21N3/c1-12(2)13(3)18-7-9-19-8-6-15-10-14(11-17)4-5-16(15)19/h4-6,8,10,12-13,18H,7,9H2,1-3H3. The molecule has 0 bridgehead atoms. The predicted octanol–water partition coefficient (Wildman–Crippen LogP) is 3.15. The maximum absolute atomic E-state index is 8.89. The van der Waals surface area contributed by atoms with E-state index in [0.29, 0.717) is 12.0 Å². The van der Waals surface area contributed by atoms with Crippen LogP contribution >= 0.6 is 0 Å². The highest BCUT2D eigenvalue weighted by atomic mass is 15.0. The lowest BCUT2D eigenvalue weighted by Crippen LogP contribution is -2.33. The monoisotopic (exact) mass is 255 g/mol. The topological polar surface area (TPSA) is 40.8 Å². The summed E-state index contributed by atoms with van der Waals surface area (Å²) >= 11 is 0. The van der Waals surface area contributed by atoms with Gasteiger partial charge in [-0.05, 0) is 37.1 Å². The molecule has 0 amide bonds. The van der Waals surface area contributed by atoms with Crippen molar-refractivity contribution in [2.45, 2.75) is 33.4 Å². The van der Waals surface area contributed by atoms with Gasteiger partial charge in [-0.2, -0.15) is 5.26 Å². The normalized spacial score (nSPS) is 12.8. The first-order chi connectivity index (χ1) is 9.11. The molecule has 1 unspecified atom stereocenters. The molecule has 1 atom stereocenters. The van der Waals surface area contributed by atoms with Crippen LogP contribution in [0.5, 0.6) is 0 Å². The summed E-state index contributed by atoms with van der Waals surface area (Å²) in [7, 11) is 0. The Morgan fingerprint density at radius 2 is 2.05 bits per heavy atom. The summed E-state index contributed by atoms with van der Waals surface area (Å²) in [5, 5.41) is 13.6. The van der Waals surface area contributed by atoms with Crippen LogP contribution in [-0.4, -0.2) is 17.2 Å². The van der Waals surface area contributed by atoms with Crippen molar-refractivity contribution in [3.63, 3.8) is 0 Å². The molecule has 100 valence electrons. The van der Waals surface area contributed by atoms with E-state index < -0.39 is 0 Å². The zero-order valence-electron chi connectivity index (χ0n) is 11.9. The third-order valence-electron chi connectivity index (χ3n) is 3.72. The molecule has 2 rings (SSSR count). The Balaban J connectivity index is 2.04. The number of nitrogens with zero attached hydrogens (tertiary/aromatic N) is 2. The number of aromatic nitrogens is 1. The molecule has 19 heavy (non-hydrogen) atoms. The Hall–Kier alpha value is -1.79. The number of hydrogen-bond acceptors (Lipinski definition) is 2. The second-order valence-electron chi connectivity index (χ2n) is 5.38. The molecule has 0 radical (unpaired) electrons. The lowest BCUT2D eigenvalue weighted by atomic mass is 10.1. The second-order valence-corrected chi connectivity index (χ2v) is 5.38. The van der Waals surface area contributed by atoms with Gasteiger partial charge in [0, 0.05) is 36.2 Å². The SMILES string of the molecule is CC(C)C(C)NCCn1ccc2cc(C#N)ccc21. The van der Waals surface area contributed by atoms with E-state index in [4.69, 9.17) is 5.26 Å². The summed E-state index contributed by atoms with van der Waals surface area (Å²) in [5.74, 6) is 0.652. The summed E-state index contributed by atoms with van der Waals surface area (Å²) < 4.78 is 2.23. The van der Waals surface area contributed by atoms with E-state index in [0.717, 1.165) is 24.0 Å². The molecule has 2 aromatic rings. The van der Waals surface area contributed by atoms with Crippen LogP contribution in [0.15, 0.2) is 30.5 Å². The van der Waals surface area contributed by atoms with Gasteiger partial charge in [0.1, 0.15) is 0 Å². The fourth-order valence-electron chi connectivity index (χ4n) is 2.11. The summed E-state index contributed by atoms with van der Waals surface area (Å²) in [4.78, 5) is 0. The Morgan fingerprint density at radius 1 is 1.26 bits per heavy atom. The van der Waals surface area contributed by atoms with Crippen molar-refractivity contribution in [2.75, 3.05) is 6.54 Å². The number of nitrogens with one attached hydrogen (secondary N) is 1. The van der Waals surface area contributed by atoms with Gasteiger partial charge in [0.2, 0.25) is 0 Å². The van der Waals surface area contributed by atoms with Gasteiger partial charge in [0.25, 0.3) is 0 Å². The molecular weight excluding hydrogens is 234 g/mol. The van der Waals surface area contributed by atoms with E-state index in [1.807, 2.05) is 18.2 Å². The van der Waals surface area contributed by atoms with Crippen molar-refractivity contribution in [2.24, 2.45) is 5.92 Å².